The lowest BCUT2D eigenvalue weighted by atomic mass is 10.1. The third-order valence-corrected chi connectivity index (χ3v) is 3.65. The van der Waals surface area contributed by atoms with Crippen LogP contribution in [0.1, 0.15) is 30.4 Å². The summed E-state index contributed by atoms with van der Waals surface area (Å²) in [5.74, 6) is -0.585. The molecule has 2 atom stereocenters. The molecule has 0 aromatic heterocycles. The Bertz CT molecular complexity index is 433. The maximum atomic E-state index is 13.8. The van der Waals surface area contributed by atoms with Gasteiger partial charge in [0.1, 0.15) is 5.82 Å². The van der Waals surface area contributed by atoms with Crippen molar-refractivity contribution in [1.29, 1.82) is 0 Å². The van der Waals surface area contributed by atoms with E-state index >= 15 is 0 Å². The van der Waals surface area contributed by atoms with E-state index in [4.69, 9.17) is 4.74 Å². The van der Waals surface area contributed by atoms with E-state index < -0.39 is 0 Å². The number of halogens is 2. The highest BCUT2D eigenvalue weighted by molar-refractivity contribution is 9.08. The number of esters is 1. The van der Waals surface area contributed by atoms with Crippen molar-refractivity contribution in [2.24, 2.45) is 5.92 Å². The molecule has 0 radical (unpaired) electrons. The van der Waals surface area contributed by atoms with Gasteiger partial charge in [-0.1, -0.05) is 28.1 Å². The fourth-order valence-electron chi connectivity index (χ4n) is 2.00. The van der Waals surface area contributed by atoms with Crippen LogP contribution in [0.25, 0.3) is 0 Å². The van der Waals surface area contributed by atoms with Crippen molar-refractivity contribution in [2.75, 3.05) is 6.61 Å². The van der Waals surface area contributed by atoms with Crippen molar-refractivity contribution in [3.63, 3.8) is 0 Å². The number of carbonyl (C=O) groups excluding carboxylic acids is 1. The minimum atomic E-state index is -0.223. The Kier molecular flexibility index (Phi) is 3.82. The molecule has 1 aromatic carbocycles. The summed E-state index contributed by atoms with van der Waals surface area (Å²) in [7, 11) is 0. The molecule has 2 nitrogen and oxygen atoms in total. The highest BCUT2D eigenvalue weighted by Gasteiger charge is 2.46. The van der Waals surface area contributed by atoms with Crippen molar-refractivity contribution >= 4 is 21.9 Å². The zero-order chi connectivity index (χ0) is 12.4. The van der Waals surface area contributed by atoms with Gasteiger partial charge in [0, 0.05) is 11.2 Å². The summed E-state index contributed by atoms with van der Waals surface area (Å²) < 4.78 is 18.7. The van der Waals surface area contributed by atoms with E-state index in [2.05, 4.69) is 15.9 Å². The zero-order valence-electron chi connectivity index (χ0n) is 9.58. The largest absolute Gasteiger partial charge is 0.466 e. The summed E-state index contributed by atoms with van der Waals surface area (Å²) in [6, 6.07) is 5.17. The number of rotatable bonds is 4. The minimum absolute atomic E-state index is 0.00146. The summed E-state index contributed by atoms with van der Waals surface area (Å²) in [5, 5.41) is 0.635. The first-order valence-corrected chi connectivity index (χ1v) is 6.80. The Balaban J connectivity index is 2.08. The Hall–Kier alpha value is -0.900. The molecule has 4 heteroatoms. The second-order valence-corrected chi connectivity index (χ2v) is 4.75. The second kappa shape index (κ2) is 5.17. The molecule has 0 bridgehead atoms. The highest BCUT2D eigenvalue weighted by Crippen LogP contribution is 2.49. The number of benzene rings is 1. The molecular weight excluding hydrogens is 287 g/mol. The summed E-state index contributed by atoms with van der Waals surface area (Å²) in [4.78, 5) is 11.5. The molecule has 1 aliphatic rings. The Labute approximate surface area is 108 Å². The van der Waals surface area contributed by atoms with Crippen molar-refractivity contribution in [2.45, 2.75) is 24.6 Å². The SMILES string of the molecule is CCOC(=O)C1CC1c1ccc(CBr)cc1F. The summed E-state index contributed by atoms with van der Waals surface area (Å²) in [6.07, 6.45) is 0.698. The minimum Gasteiger partial charge on any atom is -0.466 e. The number of hydrogen-bond acceptors (Lipinski definition) is 2. The van der Waals surface area contributed by atoms with Gasteiger partial charge in [-0.2, -0.15) is 0 Å². The van der Waals surface area contributed by atoms with E-state index in [0.29, 0.717) is 23.9 Å². The normalized spacial score (nSPS) is 22.3. The van der Waals surface area contributed by atoms with Gasteiger partial charge in [0.05, 0.1) is 12.5 Å². The van der Waals surface area contributed by atoms with Gasteiger partial charge in [-0.3, -0.25) is 4.79 Å². The van der Waals surface area contributed by atoms with E-state index in [9.17, 15) is 9.18 Å². The molecule has 1 aromatic rings. The first-order chi connectivity index (χ1) is 8.17. The first kappa shape index (κ1) is 12.6. The predicted molar refractivity (Wildman–Crippen MR) is 66.5 cm³/mol. The predicted octanol–water partition coefficient (Wildman–Crippen LogP) is 3.39. The van der Waals surface area contributed by atoms with E-state index in [1.165, 1.54) is 6.07 Å². The van der Waals surface area contributed by atoms with Crippen LogP contribution >= 0.6 is 15.9 Å². The lowest BCUT2D eigenvalue weighted by molar-refractivity contribution is -0.144. The standard InChI is InChI=1S/C13H14BrFO2/c1-2-17-13(16)11-6-10(11)9-4-3-8(7-14)5-12(9)15/h3-5,10-11H,2,6-7H2,1H3. The van der Waals surface area contributed by atoms with Gasteiger partial charge in [-0.25, -0.2) is 4.39 Å². The fourth-order valence-corrected chi connectivity index (χ4v) is 2.35. The van der Waals surface area contributed by atoms with E-state index in [1.54, 1.807) is 13.0 Å². The summed E-state index contributed by atoms with van der Waals surface area (Å²) >= 11 is 3.28. The molecule has 1 saturated carbocycles. The van der Waals surface area contributed by atoms with Gasteiger partial charge in [-0.05, 0) is 30.5 Å². The maximum Gasteiger partial charge on any atom is 0.309 e. The fraction of sp³-hybridized carbons (Fsp3) is 0.462. The first-order valence-electron chi connectivity index (χ1n) is 5.68. The highest BCUT2D eigenvalue weighted by atomic mass is 79.9. The van der Waals surface area contributed by atoms with Crippen molar-refractivity contribution < 1.29 is 13.9 Å². The number of alkyl halides is 1. The van der Waals surface area contributed by atoms with E-state index in [-0.39, 0.29) is 23.6 Å². The van der Waals surface area contributed by atoms with Crippen LogP contribution in [0.4, 0.5) is 4.39 Å². The lowest BCUT2D eigenvalue weighted by Gasteiger charge is -2.04. The third kappa shape index (κ3) is 2.68. The van der Waals surface area contributed by atoms with Crippen LogP contribution in [0.2, 0.25) is 0 Å². The second-order valence-electron chi connectivity index (χ2n) is 4.19. The van der Waals surface area contributed by atoms with Crippen molar-refractivity contribution in [1.82, 2.24) is 0 Å². The molecule has 0 heterocycles. The zero-order valence-corrected chi connectivity index (χ0v) is 11.2. The summed E-state index contributed by atoms with van der Waals surface area (Å²) in [6.45, 7) is 2.16. The average Bonchev–Trinajstić information content (AvgIpc) is 3.09. The molecule has 0 amide bonds. The molecule has 1 fully saturated rings. The van der Waals surface area contributed by atoms with Gasteiger partial charge < -0.3 is 4.74 Å². The lowest BCUT2D eigenvalue weighted by Crippen LogP contribution is -2.07. The van der Waals surface area contributed by atoms with Gasteiger partial charge in [0.2, 0.25) is 0 Å². The Morgan fingerprint density at radius 3 is 2.94 bits per heavy atom. The van der Waals surface area contributed by atoms with Crippen LogP contribution in [0, 0.1) is 11.7 Å². The van der Waals surface area contributed by atoms with Gasteiger partial charge in [0.25, 0.3) is 0 Å². The maximum absolute atomic E-state index is 13.8. The van der Waals surface area contributed by atoms with Crippen LogP contribution < -0.4 is 0 Å². The van der Waals surface area contributed by atoms with Gasteiger partial charge >= 0.3 is 5.97 Å². The molecule has 0 aliphatic heterocycles. The van der Waals surface area contributed by atoms with Crippen LogP contribution in [0.15, 0.2) is 18.2 Å². The quantitative estimate of drug-likeness (QED) is 0.629. The number of carbonyl (C=O) groups is 1. The van der Waals surface area contributed by atoms with Crippen LogP contribution in [-0.4, -0.2) is 12.6 Å². The summed E-state index contributed by atoms with van der Waals surface area (Å²) in [5.41, 5.74) is 1.53. The topological polar surface area (TPSA) is 26.3 Å². The van der Waals surface area contributed by atoms with Gasteiger partial charge in [-0.15, -0.1) is 0 Å². The van der Waals surface area contributed by atoms with Gasteiger partial charge in [0.15, 0.2) is 0 Å². The smallest absolute Gasteiger partial charge is 0.309 e. The molecular formula is C13H14BrFO2. The molecule has 2 unspecified atom stereocenters. The molecule has 0 spiro atoms. The van der Waals surface area contributed by atoms with Crippen molar-refractivity contribution in [3.05, 3.63) is 35.1 Å². The monoisotopic (exact) mass is 300 g/mol. The molecule has 92 valence electrons. The Morgan fingerprint density at radius 2 is 2.35 bits per heavy atom. The average molecular weight is 301 g/mol. The van der Waals surface area contributed by atoms with Crippen LogP contribution in [0.3, 0.4) is 0 Å². The van der Waals surface area contributed by atoms with E-state index in [0.717, 1.165) is 5.56 Å². The number of hydrogen-bond donors (Lipinski definition) is 0. The number of ether oxygens (including phenoxy) is 1. The molecule has 0 N–H and O–H groups in total. The molecule has 1 aliphatic carbocycles. The van der Waals surface area contributed by atoms with E-state index in [1.807, 2.05) is 6.07 Å². The third-order valence-electron chi connectivity index (χ3n) is 3.00. The Morgan fingerprint density at radius 1 is 1.59 bits per heavy atom. The van der Waals surface area contributed by atoms with Crippen molar-refractivity contribution in [3.8, 4) is 0 Å². The molecule has 2 rings (SSSR count). The molecule has 0 saturated heterocycles. The van der Waals surface area contributed by atoms with Crippen LogP contribution in [0.5, 0.6) is 0 Å². The van der Waals surface area contributed by atoms with Crippen LogP contribution in [-0.2, 0) is 14.9 Å². The molecule has 17 heavy (non-hydrogen) atoms.